The van der Waals surface area contributed by atoms with Crippen LogP contribution in [0.1, 0.15) is 21.6 Å². The summed E-state index contributed by atoms with van der Waals surface area (Å²) in [5, 5.41) is 6.82. The molecule has 1 amide bonds. The molecule has 1 heterocycles. The van der Waals surface area contributed by atoms with Gasteiger partial charge in [-0.1, -0.05) is 60.7 Å². The fourth-order valence-corrected chi connectivity index (χ4v) is 3.43. The van der Waals surface area contributed by atoms with Crippen LogP contribution in [0.2, 0.25) is 0 Å². The van der Waals surface area contributed by atoms with E-state index in [-0.39, 0.29) is 11.6 Å². The van der Waals surface area contributed by atoms with Crippen molar-refractivity contribution in [3.8, 4) is 0 Å². The summed E-state index contributed by atoms with van der Waals surface area (Å²) in [5.41, 5.74) is 2.22. The predicted octanol–water partition coefficient (Wildman–Crippen LogP) is 3.62. The number of aryl methyl sites for hydroxylation is 1. The van der Waals surface area contributed by atoms with Crippen molar-refractivity contribution in [2.45, 2.75) is 13.5 Å². The predicted molar refractivity (Wildman–Crippen MR) is 121 cm³/mol. The second-order valence-electron chi connectivity index (χ2n) is 7.33. The summed E-state index contributed by atoms with van der Waals surface area (Å²) >= 11 is 0. The fourth-order valence-electron chi connectivity index (χ4n) is 3.43. The SMILES string of the molecule is Cc1cccc(N(Cc2ccccc2)C(=O)COC(=O)c2n[nH]c(=O)c3ccccc23)c1. The average molecular weight is 427 g/mol. The normalized spacial score (nSPS) is 10.7. The minimum absolute atomic E-state index is 0.0434. The van der Waals surface area contributed by atoms with Crippen molar-refractivity contribution >= 4 is 28.3 Å². The highest BCUT2D eigenvalue weighted by Crippen LogP contribution is 2.20. The van der Waals surface area contributed by atoms with Crippen LogP contribution in [0.4, 0.5) is 5.69 Å². The van der Waals surface area contributed by atoms with E-state index in [0.717, 1.165) is 11.1 Å². The molecule has 3 aromatic carbocycles. The summed E-state index contributed by atoms with van der Waals surface area (Å²) in [6.07, 6.45) is 0. The number of rotatable bonds is 6. The van der Waals surface area contributed by atoms with Gasteiger partial charge in [0.05, 0.1) is 11.9 Å². The van der Waals surface area contributed by atoms with Gasteiger partial charge >= 0.3 is 5.97 Å². The van der Waals surface area contributed by atoms with Crippen LogP contribution in [0.3, 0.4) is 0 Å². The second-order valence-corrected chi connectivity index (χ2v) is 7.33. The van der Waals surface area contributed by atoms with Crippen LogP contribution in [0.25, 0.3) is 10.8 Å². The van der Waals surface area contributed by atoms with Crippen molar-refractivity contribution in [1.29, 1.82) is 0 Å². The maximum atomic E-state index is 13.1. The Morgan fingerprint density at radius 2 is 1.66 bits per heavy atom. The topological polar surface area (TPSA) is 92.4 Å². The number of aromatic amines is 1. The maximum absolute atomic E-state index is 13.1. The Balaban J connectivity index is 1.55. The third-order valence-electron chi connectivity index (χ3n) is 5.01. The smallest absolute Gasteiger partial charge is 0.359 e. The summed E-state index contributed by atoms with van der Waals surface area (Å²) in [6, 6.07) is 23.7. The number of hydrogen-bond acceptors (Lipinski definition) is 5. The molecule has 4 aromatic rings. The van der Waals surface area contributed by atoms with Crippen molar-refractivity contribution in [1.82, 2.24) is 10.2 Å². The van der Waals surface area contributed by atoms with E-state index in [4.69, 9.17) is 4.74 Å². The van der Waals surface area contributed by atoms with Crippen molar-refractivity contribution in [2.24, 2.45) is 0 Å². The monoisotopic (exact) mass is 427 g/mol. The highest BCUT2D eigenvalue weighted by atomic mass is 16.5. The fraction of sp³-hybridized carbons (Fsp3) is 0.120. The van der Waals surface area contributed by atoms with Crippen LogP contribution in [-0.2, 0) is 16.1 Å². The Kier molecular flexibility index (Phi) is 6.07. The van der Waals surface area contributed by atoms with Crippen LogP contribution in [0.15, 0.2) is 83.7 Å². The van der Waals surface area contributed by atoms with Gasteiger partial charge in [-0.25, -0.2) is 9.89 Å². The van der Waals surface area contributed by atoms with Gasteiger partial charge in [0, 0.05) is 11.1 Å². The number of amides is 1. The highest BCUT2D eigenvalue weighted by molar-refractivity contribution is 6.03. The Bertz CT molecular complexity index is 1330. The van der Waals surface area contributed by atoms with E-state index in [1.54, 1.807) is 29.2 Å². The summed E-state index contributed by atoms with van der Waals surface area (Å²) in [7, 11) is 0. The number of hydrogen-bond donors (Lipinski definition) is 1. The first-order valence-corrected chi connectivity index (χ1v) is 10.1. The molecule has 4 rings (SSSR count). The molecule has 1 N–H and O–H groups in total. The molecule has 0 atom stereocenters. The third-order valence-corrected chi connectivity index (χ3v) is 5.01. The van der Waals surface area contributed by atoms with Crippen molar-refractivity contribution in [3.05, 3.63) is 106 Å². The van der Waals surface area contributed by atoms with Gasteiger partial charge in [0.15, 0.2) is 12.3 Å². The average Bonchev–Trinajstić information content (AvgIpc) is 2.82. The van der Waals surface area contributed by atoms with Crippen molar-refractivity contribution < 1.29 is 14.3 Å². The molecule has 7 nitrogen and oxygen atoms in total. The second kappa shape index (κ2) is 9.26. The Morgan fingerprint density at radius 1 is 0.938 bits per heavy atom. The van der Waals surface area contributed by atoms with Gasteiger partial charge in [0.1, 0.15) is 0 Å². The number of benzene rings is 3. The Morgan fingerprint density at radius 3 is 2.41 bits per heavy atom. The van der Waals surface area contributed by atoms with Crippen LogP contribution in [0, 0.1) is 6.92 Å². The van der Waals surface area contributed by atoms with Crippen molar-refractivity contribution in [3.63, 3.8) is 0 Å². The Hall–Kier alpha value is -4.26. The van der Waals surface area contributed by atoms with Gasteiger partial charge in [-0.15, -0.1) is 0 Å². The number of ether oxygens (including phenoxy) is 1. The van der Waals surface area contributed by atoms with Gasteiger partial charge in [-0.05, 0) is 36.2 Å². The molecule has 0 saturated carbocycles. The lowest BCUT2D eigenvalue weighted by molar-refractivity contribution is -0.121. The number of nitrogens with one attached hydrogen (secondary N) is 1. The molecule has 0 fully saturated rings. The molecule has 0 saturated heterocycles. The van der Waals surface area contributed by atoms with Gasteiger partial charge in [0.2, 0.25) is 0 Å². The molecule has 0 unspecified atom stereocenters. The summed E-state index contributed by atoms with van der Waals surface area (Å²) in [6.45, 7) is 1.82. The number of carbonyl (C=O) groups is 2. The number of aromatic nitrogens is 2. The van der Waals surface area contributed by atoms with Crippen LogP contribution >= 0.6 is 0 Å². The van der Waals surface area contributed by atoms with Gasteiger partial charge in [-0.3, -0.25) is 9.59 Å². The molecule has 0 bridgehead atoms. The van der Waals surface area contributed by atoms with E-state index in [0.29, 0.717) is 23.0 Å². The molecular weight excluding hydrogens is 406 g/mol. The zero-order valence-corrected chi connectivity index (χ0v) is 17.4. The quantitative estimate of drug-likeness (QED) is 0.475. The largest absolute Gasteiger partial charge is 0.451 e. The first-order chi connectivity index (χ1) is 15.5. The number of fused-ring (bicyclic) bond motifs is 1. The van der Waals surface area contributed by atoms with Crippen LogP contribution < -0.4 is 10.5 Å². The Labute approximate surface area is 184 Å². The molecule has 0 radical (unpaired) electrons. The number of carbonyl (C=O) groups excluding carboxylic acids is 2. The molecule has 0 aliphatic carbocycles. The first kappa shape index (κ1) is 21.0. The highest BCUT2D eigenvalue weighted by Gasteiger charge is 2.21. The van der Waals surface area contributed by atoms with E-state index in [2.05, 4.69) is 10.2 Å². The molecular formula is C25H21N3O4. The number of esters is 1. The van der Waals surface area contributed by atoms with E-state index in [9.17, 15) is 14.4 Å². The molecule has 1 aromatic heterocycles. The van der Waals surface area contributed by atoms with E-state index >= 15 is 0 Å². The minimum Gasteiger partial charge on any atom is -0.451 e. The van der Waals surface area contributed by atoms with Crippen molar-refractivity contribution in [2.75, 3.05) is 11.5 Å². The molecule has 32 heavy (non-hydrogen) atoms. The van der Waals surface area contributed by atoms with Gasteiger partial charge < -0.3 is 9.64 Å². The van der Waals surface area contributed by atoms with E-state index in [1.807, 2.05) is 61.5 Å². The number of anilines is 1. The molecule has 7 heteroatoms. The molecule has 0 aliphatic rings. The minimum atomic E-state index is -0.783. The van der Waals surface area contributed by atoms with E-state index < -0.39 is 18.1 Å². The lowest BCUT2D eigenvalue weighted by Gasteiger charge is -2.23. The summed E-state index contributed by atoms with van der Waals surface area (Å²) in [5.74, 6) is -1.16. The van der Waals surface area contributed by atoms with Crippen LogP contribution in [0.5, 0.6) is 0 Å². The first-order valence-electron chi connectivity index (χ1n) is 10.1. The number of H-pyrrole nitrogens is 1. The van der Waals surface area contributed by atoms with Gasteiger partial charge in [0.25, 0.3) is 11.5 Å². The van der Waals surface area contributed by atoms with Crippen LogP contribution in [-0.4, -0.2) is 28.7 Å². The lowest BCUT2D eigenvalue weighted by Crippen LogP contribution is -2.34. The zero-order valence-electron chi connectivity index (χ0n) is 17.4. The van der Waals surface area contributed by atoms with E-state index in [1.165, 1.54) is 0 Å². The standard InChI is InChI=1S/C25H21N3O4/c1-17-8-7-11-19(14-17)28(15-18-9-3-2-4-10-18)22(29)16-32-25(31)23-20-12-5-6-13-21(20)24(30)27-26-23/h2-14H,15-16H2,1H3,(H,27,30). The number of nitrogens with zero attached hydrogens (tertiary/aromatic N) is 2. The molecule has 160 valence electrons. The molecule has 0 aliphatic heterocycles. The molecule has 0 spiro atoms. The third kappa shape index (κ3) is 4.57. The lowest BCUT2D eigenvalue weighted by atomic mass is 10.1. The zero-order chi connectivity index (χ0) is 22.5. The van der Waals surface area contributed by atoms with Gasteiger partial charge in [-0.2, -0.15) is 5.10 Å². The summed E-state index contributed by atoms with van der Waals surface area (Å²) < 4.78 is 5.29. The summed E-state index contributed by atoms with van der Waals surface area (Å²) in [4.78, 5) is 39.3. The maximum Gasteiger partial charge on any atom is 0.359 e.